The number of hydrogen-bond donors (Lipinski definition) is 1. The van der Waals surface area contributed by atoms with Crippen molar-refractivity contribution in [1.29, 1.82) is 0 Å². The molecule has 11 heavy (non-hydrogen) atoms. The zero-order valence-electron chi connectivity index (χ0n) is 6.13. The van der Waals surface area contributed by atoms with Crippen LogP contribution < -0.4 is 5.73 Å². The van der Waals surface area contributed by atoms with E-state index in [1.54, 1.807) is 6.07 Å². The lowest BCUT2D eigenvalue weighted by Gasteiger charge is -1.99. The summed E-state index contributed by atoms with van der Waals surface area (Å²) >= 11 is 0. The molecule has 1 rings (SSSR count). The Morgan fingerprint density at radius 1 is 1.36 bits per heavy atom. The molecule has 0 saturated heterocycles. The van der Waals surface area contributed by atoms with E-state index in [2.05, 4.69) is 0 Å². The van der Waals surface area contributed by atoms with Crippen molar-refractivity contribution in [2.45, 2.75) is 6.42 Å². The average Bonchev–Trinajstić information content (AvgIpc) is 2.03. The molecule has 0 aliphatic carbocycles. The lowest BCUT2D eigenvalue weighted by molar-refractivity contribution is 0.716. The monoisotopic (exact) mass is 151 g/mol. The average molecular weight is 151 g/mol. The SMILES string of the molecule is Nc1ccccc1C/C=C/F. The van der Waals surface area contributed by atoms with E-state index in [4.69, 9.17) is 5.73 Å². The Hall–Kier alpha value is -1.31. The summed E-state index contributed by atoms with van der Waals surface area (Å²) in [5.41, 5.74) is 7.28. The molecule has 0 aliphatic heterocycles. The summed E-state index contributed by atoms with van der Waals surface area (Å²) in [4.78, 5) is 0. The smallest absolute Gasteiger partial charge is 0.0830 e. The fourth-order valence-corrected chi connectivity index (χ4v) is 0.892. The minimum atomic E-state index is 0.534. The van der Waals surface area contributed by atoms with Crippen LogP contribution >= 0.6 is 0 Å². The molecule has 0 aliphatic rings. The Morgan fingerprint density at radius 3 is 2.73 bits per heavy atom. The highest BCUT2D eigenvalue weighted by Crippen LogP contribution is 2.11. The van der Waals surface area contributed by atoms with Crippen LogP contribution in [-0.4, -0.2) is 0 Å². The van der Waals surface area contributed by atoms with Crippen LogP contribution in [0.5, 0.6) is 0 Å². The van der Waals surface area contributed by atoms with Crippen LogP contribution in [0.4, 0.5) is 10.1 Å². The summed E-state index contributed by atoms with van der Waals surface area (Å²) in [6, 6.07) is 7.44. The number of nitrogen functional groups attached to an aromatic ring is 1. The molecule has 0 heterocycles. The first-order valence-electron chi connectivity index (χ1n) is 3.43. The molecule has 0 saturated carbocycles. The van der Waals surface area contributed by atoms with Crippen molar-refractivity contribution in [3.8, 4) is 0 Å². The van der Waals surface area contributed by atoms with Crippen LogP contribution in [0.15, 0.2) is 36.7 Å². The van der Waals surface area contributed by atoms with E-state index in [1.165, 1.54) is 6.08 Å². The van der Waals surface area contributed by atoms with Crippen LogP contribution in [0.1, 0.15) is 5.56 Å². The van der Waals surface area contributed by atoms with Crippen LogP contribution in [0.25, 0.3) is 0 Å². The van der Waals surface area contributed by atoms with E-state index in [1.807, 2.05) is 18.2 Å². The summed E-state index contributed by atoms with van der Waals surface area (Å²) in [5, 5.41) is 0. The van der Waals surface area contributed by atoms with E-state index in [0.29, 0.717) is 18.4 Å². The van der Waals surface area contributed by atoms with Crippen molar-refractivity contribution in [2.75, 3.05) is 5.73 Å². The van der Waals surface area contributed by atoms with Crippen molar-refractivity contribution in [2.24, 2.45) is 0 Å². The molecule has 0 fully saturated rings. The van der Waals surface area contributed by atoms with Crippen molar-refractivity contribution in [1.82, 2.24) is 0 Å². The Balaban J connectivity index is 2.77. The Kier molecular flexibility index (Phi) is 2.66. The summed E-state index contributed by atoms with van der Waals surface area (Å²) in [6.45, 7) is 0. The molecule has 1 aromatic carbocycles. The molecule has 0 aromatic heterocycles. The van der Waals surface area contributed by atoms with Crippen LogP contribution in [0.2, 0.25) is 0 Å². The highest BCUT2D eigenvalue weighted by atomic mass is 19.1. The molecule has 0 bridgehead atoms. The van der Waals surface area contributed by atoms with Crippen molar-refractivity contribution in [3.05, 3.63) is 42.2 Å². The van der Waals surface area contributed by atoms with E-state index < -0.39 is 0 Å². The van der Waals surface area contributed by atoms with Gasteiger partial charge in [-0.1, -0.05) is 24.3 Å². The van der Waals surface area contributed by atoms with Crippen molar-refractivity contribution < 1.29 is 4.39 Å². The highest BCUT2D eigenvalue weighted by molar-refractivity contribution is 5.47. The minimum Gasteiger partial charge on any atom is -0.398 e. The Labute approximate surface area is 65.3 Å². The molecule has 0 atom stereocenters. The second-order valence-corrected chi connectivity index (χ2v) is 2.26. The molecule has 0 amide bonds. The van der Waals surface area contributed by atoms with Gasteiger partial charge in [0.1, 0.15) is 0 Å². The number of para-hydroxylation sites is 1. The quantitative estimate of drug-likeness (QED) is 0.645. The number of nitrogens with two attached hydrogens (primary N) is 1. The van der Waals surface area contributed by atoms with Gasteiger partial charge in [0.15, 0.2) is 0 Å². The fourth-order valence-electron chi connectivity index (χ4n) is 0.892. The van der Waals surface area contributed by atoms with Gasteiger partial charge < -0.3 is 5.73 Å². The number of hydrogen-bond acceptors (Lipinski definition) is 1. The standard InChI is InChI=1S/C9H10FN/c10-7-3-5-8-4-1-2-6-9(8)11/h1-4,6-7H,5,11H2/b7-3+. The van der Waals surface area contributed by atoms with Gasteiger partial charge in [-0.15, -0.1) is 0 Å². The Morgan fingerprint density at radius 2 is 2.09 bits per heavy atom. The molecular weight excluding hydrogens is 141 g/mol. The molecule has 0 spiro atoms. The van der Waals surface area contributed by atoms with Gasteiger partial charge >= 0.3 is 0 Å². The molecule has 0 radical (unpaired) electrons. The second kappa shape index (κ2) is 3.76. The molecule has 1 aromatic rings. The highest BCUT2D eigenvalue weighted by Gasteiger charge is 1.92. The van der Waals surface area contributed by atoms with Gasteiger partial charge in [-0.2, -0.15) is 0 Å². The van der Waals surface area contributed by atoms with Crippen molar-refractivity contribution in [3.63, 3.8) is 0 Å². The first kappa shape index (κ1) is 7.79. The Bertz CT molecular complexity index is 255. The predicted molar refractivity (Wildman–Crippen MR) is 44.8 cm³/mol. The lowest BCUT2D eigenvalue weighted by atomic mass is 10.1. The second-order valence-electron chi connectivity index (χ2n) is 2.26. The maximum Gasteiger partial charge on any atom is 0.0830 e. The minimum absolute atomic E-state index is 0.534. The van der Waals surface area contributed by atoms with Gasteiger partial charge in [0.05, 0.1) is 6.33 Å². The fraction of sp³-hybridized carbons (Fsp3) is 0.111. The van der Waals surface area contributed by atoms with Gasteiger partial charge in [-0.25, -0.2) is 4.39 Å². The molecule has 2 heteroatoms. The molecule has 2 N–H and O–H groups in total. The summed E-state index contributed by atoms with van der Waals surface area (Å²) in [7, 11) is 0. The van der Waals surface area contributed by atoms with Gasteiger partial charge in [-0.05, 0) is 18.1 Å². The summed E-state index contributed by atoms with van der Waals surface area (Å²) in [5.74, 6) is 0. The van der Waals surface area contributed by atoms with E-state index >= 15 is 0 Å². The zero-order valence-corrected chi connectivity index (χ0v) is 6.13. The largest absolute Gasteiger partial charge is 0.398 e. The van der Waals surface area contributed by atoms with Gasteiger partial charge in [0, 0.05) is 5.69 Å². The van der Waals surface area contributed by atoms with Gasteiger partial charge in [0.2, 0.25) is 0 Å². The first-order chi connectivity index (χ1) is 5.34. The summed E-state index contributed by atoms with van der Waals surface area (Å²) in [6.07, 6.45) is 2.53. The van der Waals surface area contributed by atoms with Crippen LogP contribution in [0.3, 0.4) is 0 Å². The van der Waals surface area contributed by atoms with E-state index in [-0.39, 0.29) is 0 Å². The zero-order chi connectivity index (χ0) is 8.10. The van der Waals surface area contributed by atoms with Gasteiger partial charge in [-0.3, -0.25) is 0 Å². The number of benzene rings is 1. The molecule has 1 nitrogen and oxygen atoms in total. The van der Waals surface area contributed by atoms with Crippen molar-refractivity contribution >= 4 is 5.69 Å². The number of halogens is 1. The molecule has 0 unspecified atom stereocenters. The number of anilines is 1. The summed E-state index contributed by atoms with van der Waals surface area (Å²) < 4.78 is 11.6. The predicted octanol–water partition coefficient (Wildman–Crippen LogP) is 2.29. The van der Waals surface area contributed by atoms with E-state index in [9.17, 15) is 4.39 Å². The molecule has 58 valence electrons. The van der Waals surface area contributed by atoms with Crippen LogP contribution in [0, 0.1) is 0 Å². The third-order valence-corrected chi connectivity index (χ3v) is 1.48. The first-order valence-corrected chi connectivity index (χ1v) is 3.43. The third-order valence-electron chi connectivity index (χ3n) is 1.48. The molecular formula is C9H10FN. The third kappa shape index (κ3) is 2.08. The number of allylic oxidation sites excluding steroid dienone is 1. The maximum absolute atomic E-state index is 11.6. The van der Waals surface area contributed by atoms with Gasteiger partial charge in [0.25, 0.3) is 0 Å². The topological polar surface area (TPSA) is 26.0 Å². The number of rotatable bonds is 2. The van der Waals surface area contributed by atoms with E-state index in [0.717, 1.165) is 5.56 Å². The van der Waals surface area contributed by atoms with Crippen LogP contribution in [-0.2, 0) is 6.42 Å². The maximum atomic E-state index is 11.6. The lowest BCUT2D eigenvalue weighted by Crippen LogP contribution is -1.91. The normalized spacial score (nSPS) is 10.6.